The van der Waals surface area contributed by atoms with Crippen LogP contribution in [0.15, 0.2) is 18.2 Å². The lowest BCUT2D eigenvalue weighted by atomic mass is 10.2. The summed E-state index contributed by atoms with van der Waals surface area (Å²) in [6.45, 7) is 0.738. The number of rotatable bonds is 4. The molecule has 3 N–H and O–H groups in total. The predicted octanol–water partition coefficient (Wildman–Crippen LogP) is 1.80. The molecule has 0 radical (unpaired) electrons. The second-order valence-corrected chi connectivity index (χ2v) is 5.38. The van der Waals surface area contributed by atoms with Crippen LogP contribution in [0.3, 0.4) is 0 Å². The lowest BCUT2D eigenvalue weighted by Crippen LogP contribution is -2.43. The Bertz CT molecular complexity index is 516. The maximum Gasteiger partial charge on any atom is 0.243 e. The van der Waals surface area contributed by atoms with Crippen molar-refractivity contribution in [2.75, 3.05) is 18.4 Å². The number of nitrogens with one attached hydrogen (secondary N) is 3. The van der Waals surface area contributed by atoms with Crippen LogP contribution in [0.5, 0.6) is 0 Å². The molecule has 0 bridgehead atoms. The molecule has 20 heavy (non-hydrogen) atoms. The zero-order valence-electron chi connectivity index (χ0n) is 10.7. The minimum atomic E-state index is -0.347. The van der Waals surface area contributed by atoms with Gasteiger partial charge in [-0.3, -0.25) is 9.59 Å². The summed E-state index contributed by atoms with van der Waals surface area (Å²) in [6.07, 6.45) is 1.77. The summed E-state index contributed by atoms with van der Waals surface area (Å²) >= 11 is 11.8. The van der Waals surface area contributed by atoms with Crippen molar-refractivity contribution >= 4 is 40.7 Å². The smallest absolute Gasteiger partial charge is 0.243 e. The summed E-state index contributed by atoms with van der Waals surface area (Å²) in [5.74, 6) is -0.504. The monoisotopic (exact) mass is 315 g/mol. The largest absolute Gasteiger partial charge is 0.346 e. The van der Waals surface area contributed by atoms with Crippen molar-refractivity contribution in [2.45, 2.75) is 18.9 Å². The van der Waals surface area contributed by atoms with E-state index in [2.05, 4.69) is 16.0 Å². The Morgan fingerprint density at radius 3 is 2.85 bits per heavy atom. The number of carbonyl (C=O) groups is 2. The molecule has 5 nitrogen and oxygen atoms in total. The maximum absolute atomic E-state index is 11.7. The van der Waals surface area contributed by atoms with Crippen molar-refractivity contribution in [1.29, 1.82) is 0 Å². The summed E-state index contributed by atoms with van der Waals surface area (Å²) in [6, 6.07) is 4.59. The van der Waals surface area contributed by atoms with Gasteiger partial charge in [-0.15, -0.1) is 0 Å². The number of halogens is 2. The number of carbonyl (C=O) groups excluding carboxylic acids is 2. The third-order valence-electron chi connectivity index (χ3n) is 3.00. The summed E-state index contributed by atoms with van der Waals surface area (Å²) in [7, 11) is 0. The number of hydrogen-bond acceptors (Lipinski definition) is 3. The molecule has 1 fully saturated rings. The molecule has 1 saturated heterocycles. The van der Waals surface area contributed by atoms with E-state index in [-0.39, 0.29) is 24.4 Å². The van der Waals surface area contributed by atoms with Gasteiger partial charge >= 0.3 is 0 Å². The molecule has 1 atom stereocenters. The topological polar surface area (TPSA) is 70.2 Å². The van der Waals surface area contributed by atoms with Crippen LogP contribution in [0.25, 0.3) is 0 Å². The van der Waals surface area contributed by atoms with Crippen molar-refractivity contribution in [3.8, 4) is 0 Å². The Morgan fingerprint density at radius 1 is 1.35 bits per heavy atom. The van der Waals surface area contributed by atoms with Gasteiger partial charge in [-0.05, 0) is 37.6 Å². The average Bonchev–Trinajstić information content (AvgIpc) is 2.94. The lowest BCUT2D eigenvalue weighted by molar-refractivity contribution is -0.125. The van der Waals surface area contributed by atoms with Gasteiger partial charge in [-0.1, -0.05) is 23.2 Å². The van der Waals surface area contributed by atoms with E-state index in [4.69, 9.17) is 23.2 Å². The van der Waals surface area contributed by atoms with Crippen LogP contribution in [0, 0.1) is 0 Å². The maximum atomic E-state index is 11.7. The molecule has 1 aliphatic rings. The zero-order valence-corrected chi connectivity index (χ0v) is 12.2. The Labute approximate surface area is 127 Å². The molecular weight excluding hydrogens is 301 g/mol. The first-order valence-corrected chi connectivity index (χ1v) is 7.08. The second-order valence-electron chi connectivity index (χ2n) is 4.54. The van der Waals surface area contributed by atoms with Crippen molar-refractivity contribution in [1.82, 2.24) is 10.6 Å². The van der Waals surface area contributed by atoms with E-state index in [0.29, 0.717) is 15.7 Å². The highest BCUT2D eigenvalue weighted by molar-refractivity contribution is 6.35. The fraction of sp³-hybridized carbons (Fsp3) is 0.385. The minimum absolute atomic E-state index is 0.0974. The number of hydrogen-bond donors (Lipinski definition) is 3. The molecule has 0 spiro atoms. The SMILES string of the molecule is O=C(CNC(=O)C1CCCN1)Nc1cc(Cl)ccc1Cl. The Balaban J connectivity index is 1.83. The molecular formula is C13H15Cl2N3O2. The fourth-order valence-electron chi connectivity index (χ4n) is 1.99. The summed E-state index contributed by atoms with van der Waals surface area (Å²) in [5, 5.41) is 9.13. The van der Waals surface area contributed by atoms with Crippen LogP contribution in [-0.2, 0) is 9.59 Å². The van der Waals surface area contributed by atoms with Crippen LogP contribution < -0.4 is 16.0 Å². The number of benzene rings is 1. The summed E-state index contributed by atoms with van der Waals surface area (Å²) in [4.78, 5) is 23.5. The summed E-state index contributed by atoms with van der Waals surface area (Å²) < 4.78 is 0. The van der Waals surface area contributed by atoms with Crippen LogP contribution in [-0.4, -0.2) is 30.9 Å². The molecule has 0 aliphatic carbocycles. The Hall–Kier alpha value is -1.30. The van der Waals surface area contributed by atoms with Gasteiger partial charge in [0.25, 0.3) is 0 Å². The lowest BCUT2D eigenvalue weighted by Gasteiger charge is -2.11. The molecule has 0 aromatic heterocycles. The normalized spacial score (nSPS) is 17.8. The molecule has 1 aromatic carbocycles. The predicted molar refractivity (Wildman–Crippen MR) is 79.1 cm³/mol. The molecule has 1 heterocycles. The van der Waals surface area contributed by atoms with Gasteiger partial charge in [0.05, 0.1) is 23.3 Å². The molecule has 0 saturated carbocycles. The molecule has 2 amide bonds. The molecule has 7 heteroatoms. The van der Waals surface area contributed by atoms with Gasteiger partial charge in [0, 0.05) is 5.02 Å². The third-order valence-corrected chi connectivity index (χ3v) is 3.57. The molecule has 1 aliphatic heterocycles. The van der Waals surface area contributed by atoms with Crippen LogP contribution in [0.1, 0.15) is 12.8 Å². The van der Waals surface area contributed by atoms with Gasteiger partial charge in [-0.2, -0.15) is 0 Å². The quantitative estimate of drug-likeness (QED) is 0.793. The third kappa shape index (κ3) is 4.10. The first kappa shape index (κ1) is 15.1. The average molecular weight is 316 g/mol. The van der Waals surface area contributed by atoms with E-state index >= 15 is 0 Å². The van der Waals surface area contributed by atoms with Gasteiger partial charge in [0.15, 0.2) is 0 Å². The van der Waals surface area contributed by atoms with E-state index in [1.165, 1.54) is 0 Å². The van der Waals surface area contributed by atoms with Crippen molar-refractivity contribution in [3.63, 3.8) is 0 Å². The van der Waals surface area contributed by atoms with Gasteiger partial charge < -0.3 is 16.0 Å². The second kappa shape index (κ2) is 6.92. The van der Waals surface area contributed by atoms with Crippen molar-refractivity contribution in [3.05, 3.63) is 28.2 Å². The van der Waals surface area contributed by atoms with Crippen molar-refractivity contribution < 1.29 is 9.59 Å². The molecule has 108 valence electrons. The van der Waals surface area contributed by atoms with Gasteiger partial charge in [0.1, 0.15) is 0 Å². The van der Waals surface area contributed by atoms with E-state index in [9.17, 15) is 9.59 Å². The minimum Gasteiger partial charge on any atom is -0.346 e. The zero-order chi connectivity index (χ0) is 14.5. The van der Waals surface area contributed by atoms with E-state index < -0.39 is 0 Å². The standard InChI is InChI=1S/C13H15Cl2N3O2/c14-8-3-4-9(15)11(6-8)18-12(19)7-17-13(20)10-2-1-5-16-10/h3-4,6,10,16H,1-2,5,7H2,(H,17,20)(H,18,19). The molecule has 1 aromatic rings. The van der Waals surface area contributed by atoms with E-state index in [0.717, 1.165) is 19.4 Å². The van der Waals surface area contributed by atoms with E-state index in [1.54, 1.807) is 18.2 Å². The first-order valence-electron chi connectivity index (χ1n) is 6.32. The van der Waals surface area contributed by atoms with Crippen molar-refractivity contribution in [2.24, 2.45) is 0 Å². The molecule has 2 rings (SSSR count). The van der Waals surface area contributed by atoms with Crippen LogP contribution >= 0.6 is 23.2 Å². The van der Waals surface area contributed by atoms with Crippen LogP contribution in [0.2, 0.25) is 10.0 Å². The van der Waals surface area contributed by atoms with Gasteiger partial charge in [0.2, 0.25) is 11.8 Å². The Kier molecular flexibility index (Phi) is 5.23. The highest BCUT2D eigenvalue weighted by atomic mass is 35.5. The Morgan fingerprint density at radius 2 is 2.15 bits per heavy atom. The number of anilines is 1. The van der Waals surface area contributed by atoms with Gasteiger partial charge in [-0.25, -0.2) is 0 Å². The number of amides is 2. The van der Waals surface area contributed by atoms with Crippen LogP contribution in [0.4, 0.5) is 5.69 Å². The first-order chi connectivity index (χ1) is 9.56. The highest BCUT2D eigenvalue weighted by Crippen LogP contribution is 2.25. The highest BCUT2D eigenvalue weighted by Gasteiger charge is 2.22. The van der Waals surface area contributed by atoms with E-state index in [1.807, 2.05) is 0 Å². The fourth-order valence-corrected chi connectivity index (χ4v) is 2.32. The summed E-state index contributed by atoms with van der Waals surface area (Å²) in [5.41, 5.74) is 0.428. The molecule has 1 unspecified atom stereocenters.